The largest absolute Gasteiger partial charge is 0.496 e. The molecule has 0 heterocycles. The van der Waals surface area contributed by atoms with E-state index in [0.717, 1.165) is 12.3 Å². The van der Waals surface area contributed by atoms with E-state index >= 15 is 0 Å². The zero-order valence-corrected chi connectivity index (χ0v) is 12.8. The standard InChI is InChI=1S/C19H23NO/c1-20-14-19(17-10-6-7-11-18(17)21-2)12-16(13-19)15-8-4-3-5-9-15/h3-11,16,20H,12-14H2,1-2H3. The van der Waals surface area contributed by atoms with E-state index in [1.807, 2.05) is 13.1 Å². The highest BCUT2D eigenvalue weighted by Gasteiger charge is 2.46. The summed E-state index contributed by atoms with van der Waals surface area (Å²) < 4.78 is 5.59. The number of ether oxygens (including phenoxy) is 1. The van der Waals surface area contributed by atoms with E-state index in [4.69, 9.17) is 4.74 Å². The Labute approximate surface area is 127 Å². The van der Waals surface area contributed by atoms with Crippen LogP contribution in [-0.2, 0) is 5.41 Å². The van der Waals surface area contributed by atoms with Crippen LogP contribution in [0.2, 0.25) is 0 Å². The van der Waals surface area contributed by atoms with Gasteiger partial charge >= 0.3 is 0 Å². The average molecular weight is 281 g/mol. The minimum atomic E-state index is 0.196. The molecule has 0 amide bonds. The number of hydrogen-bond acceptors (Lipinski definition) is 2. The van der Waals surface area contributed by atoms with E-state index in [1.165, 1.54) is 24.0 Å². The van der Waals surface area contributed by atoms with Crippen molar-refractivity contribution in [2.45, 2.75) is 24.2 Å². The smallest absolute Gasteiger partial charge is 0.122 e. The lowest BCUT2D eigenvalue weighted by Gasteiger charge is -2.49. The fraction of sp³-hybridized carbons (Fsp3) is 0.368. The van der Waals surface area contributed by atoms with Gasteiger partial charge in [0.05, 0.1) is 7.11 Å². The van der Waals surface area contributed by atoms with Gasteiger partial charge in [-0.2, -0.15) is 0 Å². The normalized spacial score (nSPS) is 24.4. The Kier molecular flexibility index (Phi) is 3.98. The van der Waals surface area contributed by atoms with E-state index in [2.05, 4.69) is 53.8 Å². The summed E-state index contributed by atoms with van der Waals surface area (Å²) in [5.41, 5.74) is 3.00. The molecule has 1 saturated carbocycles. The molecule has 0 bridgehead atoms. The van der Waals surface area contributed by atoms with E-state index in [1.54, 1.807) is 7.11 Å². The van der Waals surface area contributed by atoms with Gasteiger partial charge in [-0.25, -0.2) is 0 Å². The van der Waals surface area contributed by atoms with Crippen LogP contribution in [0.1, 0.15) is 29.9 Å². The van der Waals surface area contributed by atoms with E-state index in [0.29, 0.717) is 5.92 Å². The molecule has 0 aromatic heterocycles. The minimum Gasteiger partial charge on any atom is -0.496 e. The van der Waals surface area contributed by atoms with Gasteiger partial charge in [0.2, 0.25) is 0 Å². The van der Waals surface area contributed by atoms with Gasteiger partial charge in [0, 0.05) is 17.5 Å². The lowest BCUT2D eigenvalue weighted by Crippen LogP contribution is -2.47. The second-order valence-electron chi connectivity index (χ2n) is 6.03. The third-order valence-corrected chi connectivity index (χ3v) is 4.74. The summed E-state index contributed by atoms with van der Waals surface area (Å²) in [7, 11) is 3.80. The predicted molar refractivity (Wildman–Crippen MR) is 87.0 cm³/mol. The molecule has 1 fully saturated rings. The van der Waals surface area contributed by atoms with Gasteiger partial charge in [-0.15, -0.1) is 0 Å². The predicted octanol–water partition coefficient (Wildman–Crippen LogP) is 3.73. The second kappa shape index (κ2) is 5.90. The summed E-state index contributed by atoms with van der Waals surface area (Å²) in [6.45, 7) is 0.997. The molecule has 0 radical (unpaired) electrons. The number of likely N-dealkylation sites (N-methyl/N-ethyl adjacent to an activating group) is 1. The summed E-state index contributed by atoms with van der Waals surface area (Å²) in [4.78, 5) is 0. The van der Waals surface area contributed by atoms with Crippen molar-refractivity contribution in [2.75, 3.05) is 20.7 Å². The third-order valence-electron chi connectivity index (χ3n) is 4.74. The molecule has 2 aromatic rings. The summed E-state index contributed by atoms with van der Waals surface area (Å²) >= 11 is 0. The first-order valence-electron chi connectivity index (χ1n) is 7.62. The van der Waals surface area contributed by atoms with E-state index < -0.39 is 0 Å². The molecule has 2 nitrogen and oxygen atoms in total. The summed E-state index contributed by atoms with van der Waals surface area (Å²) in [6.07, 6.45) is 2.36. The molecule has 0 unspecified atom stereocenters. The van der Waals surface area contributed by atoms with Gasteiger partial charge < -0.3 is 10.1 Å². The number of nitrogens with one attached hydrogen (secondary N) is 1. The Bertz CT molecular complexity index is 588. The summed E-state index contributed by atoms with van der Waals surface area (Å²) in [6, 6.07) is 19.3. The Morgan fingerprint density at radius 1 is 1.05 bits per heavy atom. The molecule has 110 valence electrons. The lowest BCUT2D eigenvalue weighted by atomic mass is 9.56. The maximum atomic E-state index is 5.59. The lowest BCUT2D eigenvalue weighted by molar-refractivity contribution is 0.192. The number of methoxy groups -OCH3 is 1. The molecule has 2 heteroatoms. The van der Waals surface area contributed by atoms with E-state index in [9.17, 15) is 0 Å². The Balaban J connectivity index is 1.87. The quantitative estimate of drug-likeness (QED) is 0.901. The van der Waals surface area contributed by atoms with Gasteiger partial charge in [-0.1, -0.05) is 48.5 Å². The number of hydrogen-bond donors (Lipinski definition) is 1. The van der Waals surface area contributed by atoms with Gasteiger partial charge in [0.15, 0.2) is 0 Å². The fourth-order valence-corrected chi connectivity index (χ4v) is 3.73. The van der Waals surface area contributed by atoms with Gasteiger partial charge in [0.25, 0.3) is 0 Å². The molecule has 1 aliphatic carbocycles. The van der Waals surface area contributed by atoms with Crippen molar-refractivity contribution in [3.8, 4) is 5.75 Å². The molecule has 0 saturated heterocycles. The van der Waals surface area contributed by atoms with Crippen molar-refractivity contribution in [3.63, 3.8) is 0 Å². The first kappa shape index (κ1) is 14.2. The topological polar surface area (TPSA) is 21.3 Å². The molecular formula is C19H23NO. The molecule has 3 rings (SSSR count). The Hall–Kier alpha value is -1.80. The monoisotopic (exact) mass is 281 g/mol. The molecule has 2 aromatic carbocycles. The van der Waals surface area contributed by atoms with Crippen LogP contribution >= 0.6 is 0 Å². The van der Waals surface area contributed by atoms with Crippen LogP contribution in [0.15, 0.2) is 54.6 Å². The van der Waals surface area contributed by atoms with Crippen molar-refractivity contribution in [3.05, 3.63) is 65.7 Å². The fourth-order valence-electron chi connectivity index (χ4n) is 3.73. The molecule has 0 aliphatic heterocycles. The second-order valence-corrected chi connectivity index (χ2v) is 6.03. The molecule has 0 spiro atoms. The molecular weight excluding hydrogens is 258 g/mol. The molecule has 21 heavy (non-hydrogen) atoms. The van der Waals surface area contributed by atoms with Gasteiger partial charge in [-0.3, -0.25) is 0 Å². The van der Waals surface area contributed by atoms with Gasteiger partial charge in [-0.05, 0) is 37.4 Å². The van der Waals surface area contributed by atoms with Gasteiger partial charge in [0.1, 0.15) is 5.75 Å². The third kappa shape index (κ3) is 2.56. The van der Waals surface area contributed by atoms with Crippen LogP contribution in [0.4, 0.5) is 0 Å². The first-order valence-corrected chi connectivity index (χ1v) is 7.62. The highest BCUT2D eigenvalue weighted by atomic mass is 16.5. The van der Waals surface area contributed by atoms with Crippen molar-refractivity contribution < 1.29 is 4.74 Å². The number of para-hydroxylation sites is 1. The van der Waals surface area contributed by atoms with Crippen molar-refractivity contribution >= 4 is 0 Å². The van der Waals surface area contributed by atoms with E-state index in [-0.39, 0.29) is 5.41 Å². The van der Waals surface area contributed by atoms with Crippen LogP contribution in [0.3, 0.4) is 0 Å². The van der Waals surface area contributed by atoms with Crippen LogP contribution in [0, 0.1) is 0 Å². The summed E-state index contributed by atoms with van der Waals surface area (Å²) in [5, 5.41) is 3.38. The van der Waals surface area contributed by atoms with Crippen molar-refractivity contribution in [2.24, 2.45) is 0 Å². The molecule has 1 N–H and O–H groups in total. The Morgan fingerprint density at radius 3 is 2.38 bits per heavy atom. The zero-order valence-electron chi connectivity index (χ0n) is 12.8. The first-order chi connectivity index (χ1) is 10.3. The number of benzene rings is 2. The highest BCUT2D eigenvalue weighted by molar-refractivity contribution is 5.44. The Morgan fingerprint density at radius 2 is 1.71 bits per heavy atom. The number of rotatable bonds is 5. The highest BCUT2D eigenvalue weighted by Crippen LogP contribution is 2.54. The molecule has 0 atom stereocenters. The van der Waals surface area contributed by atoms with Crippen molar-refractivity contribution in [1.82, 2.24) is 5.32 Å². The zero-order chi connectivity index (χ0) is 14.7. The maximum absolute atomic E-state index is 5.59. The SMILES string of the molecule is CNCC1(c2ccccc2OC)CC(c2ccccc2)C1. The maximum Gasteiger partial charge on any atom is 0.122 e. The van der Waals surface area contributed by atoms with Crippen LogP contribution in [0.5, 0.6) is 5.75 Å². The average Bonchev–Trinajstić information content (AvgIpc) is 2.51. The molecule has 1 aliphatic rings. The minimum absolute atomic E-state index is 0.196. The van der Waals surface area contributed by atoms with Crippen molar-refractivity contribution in [1.29, 1.82) is 0 Å². The van der Waals surface area contributed by atoms with Crippen LogP contribution in [0.25, 0.3) is 0 Å². The van der Waals surface area contributed by atoms with Crippen LogP contribution in [-0.4, -0.2) is 20.7 Å². The summed E-state index contributed by atoms with van der Waals surface area (Å²) in [5.74, 6) is 1.67. The van der Waals surface area contributed by atoms with Crippen LogP contribution < -0.4 is 10.1 Å².